The van der Waals surface area contributed by atoms with Gasteiger partial charge in [-0.15, -0.1) is 0 Å². The van der Waals surface area contributed by atoms with Crippen molar-refractivity contribution in [2.45, 2.75) is 25.8 Å². The zero-order chi connectivity index (χ0) is 16.9. The maximum Gasteiger partial charge on any atom is 0.311 e. The van der Waals surface area contributed by atoms with Gasteiger partial charge in [0.05, 0.1) is 5.41 Å². The summed E-state index contributed by atoms with van der Waals surface area (Å²) < 4.78 is 0. The number of rotatable bonds is 3. The summed E-state index contributed by atoms with van der Waals surface area (Å²) >= 11 is 0. The molecule has 0 unspecified atom stereocenters. The van der Waals surface area contributed by atoms with Crippen molar-refractivity contribution in [2.24, 2.45) is 11.3 Å². The lowest BCUT2D eigenvalue weighted by Crippen LogP contribution is -2.41. The molecule has 3 aliphatic rings. The highest BCUT2D eigenvalue weighted by Crippen LogP contribution is 2.48. The fraction of sp³-hybridized carbons (Fsp3) is 0.500. The number of likely N-dealkylation sites (tertiary alicyclic amines) is 1. The average Bonchev–Trinajstić information content (AvgIpc) is 3.19. The molecule has 2 heterocycles. The van der Waals surface area contributed by atoms with E-state index in [1.165, 1.54) is 0 Å². The van der Waals surface area contributed by atoms with Crippen LogP contribution in [0.25, 0.3) is 0 Å². The lowest BCUT2D eigenvalue weighted by molar-refractivity contribution is -0.149. The van der Waals surface area contributed by atoms with Gasteiger partial charge in [0.15, 0.2) is 0 Å². The van der Waals surface area contributed by atoms with Gasteiger partial charge in [0.25, 0.3) is 5.91 Å². The summed E-state index contributed by atoms with van der Waals surface area (Å²) in [7, 11) is 0. The number of hydrogen-bond donors (Lipinski definition) is 1. The number of aliphatic carboxylic acids is 1. The molecule has 2 atom stereocenters. The Kier molecular flexibility index (Phi) is 3.37. The fourth-order valence-electron chi connectivity index (χ4n) is 4.53. The van der Waals surface area contributed by atoms with Gasteiger partial charge in [-0.05, 0) is 30.4 Å². The van der Waals surface area contributed by atoms with Crippen molar-refractivity contribution >= 4 is 17.8 Å². The van der Waals surface area contributed by atoms with Crippen LogP contribution in [0.2, 0.25) is 0 Å². The average molecular weight is 328 g/mol. The zero-order valence-corrected chi connectivity index (χ0v) is 13.4. The zero-order valence-electron chi connectivity index (χ0n) is 13.4. The third-order valence-electron chi connectivity index (χ3n) is 5.87. The van der Waals surface area contributed by atoms with Crippen molar-refractivity contribution in [1.29, 1.82) is 0 Å². The van der Waals surface area contributed by atoms with Gasteiger partial charge < -0.3 is 14.9 Å². The van der Waals surface area contributed by atoms with Crippen molar-refractivity contribution < 1.29 is 19.5 Å². The van der Waals surface area contributed by atoms with Gasteiger partial charge in [-0.1, -0.05) is 24.6 Å². The lowest BCUT2D eigenvalue weighted by atomic mass is 9.81. The van der Waals surface area contributed by atoms with E-state index >= 15 is 0 Å². The molecule has 1 aliphatic carbocycles. The fourth-order valence-corrected chi connectivity index (χ4v) is 4.53. The number of fused-ring (bicyclic) bond motifs is 2. The molecule has 126 valence electrons. The third-order valence-corrected chi connectivity index (χ3v) is 5.87. The third kappa shape index (κ3) is 2.12. The summed E-state index contributed by atoms with van der Waals surface area (Å²) in [4.78, 5) is 39.9. The van der Waals surface area contributed by atoms with Gasteiger partial charge >= 0.3 is 5.97 Å². The number of carbonyl (C=O) groups excluding carboxylic acids is 2. The van der Waals surface area contributed by atoms with E-state index < -0.39 is 11.4 Å². The highest BCUT2D eigenvalue weighted by molar-refractivity contribution is 6.00. The lowest BCUT2D eigenvalue weighted by Gasteiger charge is -2.24. The van der Waals surface area contributed by atoms with Crippen LogP contribution in [0.5, 0.6) is 0 Å². The monoisotopic (exact) mass is 328 g/mol. The molecule has 1 saturated heterocycles. The summed E-state index contributed by atoms with van der Waals surface area (Å²) in [5, 5.41) is 9.62. The molecule has 1 saturated carbocycles. The molecule has 1 aromatic rings. The summed E-state index contributed by atoms with van der Waals surface area (Å²) in [6.07, 6.45) is 2.42. The molecule has 6 nitrogen and oxygen atoms in total. The minimum absolute atomic E-state index is 0.0237. The Balaban J connectivity index is 1.45. The number of carbonyl (C=O) groups is 3. The highest BCUT2D eigenvalue weighted by Gasteiger charge is 2.55. The highest BCUT2D eigenvalue weighted by atomic mass is 16.4. The van der Waals surface area contributed by atoms with Crippen LogP contribution in [0.4, 0.5) is 0 Å². The normalized spacial score (nSPS) is 28.2. The van der Waals surface area contributed by atoms with Gasteiger partial charge in [0, 0.05) is 25.2 Å². The maximum atomic E-state index is 12.6. The van der Waals surface area contributed by atoms with Crippen LogP contribution in [0.15, 0.2) is 24.3 Å². The molecule has 4 rings (SSSR count). The molecule has 2 fully saturated rings. The Morgan fingerprint density at radius 3 is 2.79 bits per heavy atom. The second-order valence-electron chi connectivity index (χ2n) is 7.14. The van der Waals surface area contributed by atoms with E-state index in [1.807, 2.05) is 18.2 Å². The van der Waals surface area contributed by atoms with E-state index in [1.54, 1.807) is 15.9 Å². The van der Waals surface area contributed by atoms with Crippen LogP contribution >= 0.6 is 0 Å². The molecule has 0 spiro atoms. The van der Waals surface area contributed by atoms with E-state index in [9.17, 15) is 19.5 Å². The number of carboxylic acids is 1. The number of amides is 2. The van der Waals surface area contributed by atoms with Crippen molar-refractivity contribution in [3.63, 3.8) is 0 Å². The van der Waals surface area contributed by atoms with Crippen molar-refractivity contribution in [1.82, 2.24) is 9.80 Å². The smallest absolute Gasteiger partial charge is 0.311 e. The standard InChI is InChI=1S/C18H20N2O4/c21-15(10-19-8-12-4-1-2-6-14(12)16(19)22)20-9-13-5-3-7-18(13,11-20)17(23)24/h1-2,4,6,13H,3,5,7-11H2,(H,23,24)/t13-,18+/m0/s1. The summed E-state index contributed by atoms with van der Waals surface area (Å²) in [6.45, 7) is 1.25. The van der Waals surface area contributed by atoms with Gasteiger partial charge in [0.2, 0.25) is 5.91 Å². The van der Waals surface area contributed by atoms with Gasteiger partial charge in [-0.3, -0.25) is 14.4 Å². The van der Waals surface area contributed by atoms with E-state index in [-0.39, 0.29) is 30.8 Å². The Hall–Kier alpha value is -2.37. The first-order valence-corrected chi connectivity index (χ1v) is 8.39. The van der Waals surface area contributed by atoms with Crippen molar-refractivity contribution in [3.8, 4) is 0 Å². The molecule has 0 aromatic heterocycles. The van der Waals surface area contributed by atoms with Crippen LogP contribution in [0.1, 0.15) is 35.2 Å². The van der Waals surface area contributed by atoms with Crippen LogP contribution in [-0.4, -0.2) is 52.3 Å². The Morgan fingerprint density at radius 2 is 2.08 bits per heavy atom. The van der Waals surface area contributed by atoms with Crippen molar-refractivity contribution in [3.05, 3.63) is 35.4 Å². The Morgan fingerprint density at radius 1 is 1.29 bits per heavy atom. The van der Waals surface area contributed by atoms with E-state index in [2.05, 4.69) is 0 Å². The number of nitrogens with zero attached hydrogens (tertiary/aromatic N) is 2. The van der Waals surface area contributed by atoms with Crippen LogP contribution in [0, 0.1) is 11.3 Å². The molecule has 6 heteroatoms. The predicted octanol–water partition coefficient (Wildman–Crippen LogP) is 1.36. The van der Waals surface area contributed by atoms with E-state index in [4.69, 9.17) is 0 Å². The number of benzene rings is 1. The first-order valence-electron chi connectivity index (χ1n) is 8.39. The second kappa shape index (κ2) is 5.33. The molecule has 0 bridgehead atoms. The van der Waals surface area contributed by atoms with E-state index in [0.29, 0.717) is 25.1 Å². The van der Waals surface area contributed by atoms with E-state index in [0.717, 1.165) is 18.4 Å². The van der Waals surface area contributed by atoms with Gasteiger partial charge in [0.1, 0.15) is 6.54 Å². The molecular weight excluding hydrogens is 308 g/mol. The SMILES string of the molecule is O=C(CN1Cc2ccccc2C1=O)N1C[C@@H]2CCC[C@@]2(C(=O)O)C1. The van der Waals surface area contributed by atoms with Crippen LogP contribution in [0.3, 0.4) is 0 Å². The second-order valence-corrected chi connectivity index (χ2v) is 7.14. The first-order chi connectivity index (χ1) is 11.5. The quantitative estimate of drug-likeness (QED) is 0.909. The number of carboxylic acid groups (broad SMARTS) is 1. The largest absolute Gasteiger partial charge is 0.481 e. The molecule has 1 N–H and O–H groups in total. The Bertz CT molecular complexity index is 731. The molecule has 1 aromatic carbocycles. The topological polar surface area (TPSA) is 77.9 Å². The van der Waals surface area contributed by atoms with Crippen LogP contribution in [-0.2, 0) is 16.1 Å². The number of hydrogen-bond acceptors (Lipinski definition) is 3. The summed E-state index contributed by atoms with van der Waals surface area (Å²) in [5.74, 6) is -1.01. The van der Waals surface area contributed by atoms with Gasteiger partial charge in [-0.25, -0.2) is 0 Å². The molecule has 2 aliphatic heterocycles. The van der Waals surface area contributed by atoms with Crippen LogP contribution < -0.4 is 0 Å². The maximum absolute atomic E-state index is 12.6. The van der Waals surface area contributed by atoms with Gasteiger partial charge in [-0.2, -0.15) is 0 Å². The predicted molar refractivity (Wildman–Crippen MR) is 85.2 cm³/mol. The minimum Gasteiger partial charge on any atom is -0.481 e. The molecule has 0 radical (unpaired) electrons. The molecule has 24 heavy (non-hydrogen) atoms. The molecule has 2 amide bonds. The summed E-state index contributed by atoms with van der Waals surface area (Å²) in [6, 6.07) is 7.38. The minimum atomic E-state index is -0.787. The Labute approximate surface area is 140 Å². The van der Waals surface area contributed by atoms with Crippen molar-refractivity contribution in [2.75, 3.05) is 19.6 Å². The molecular formula is C18H20N2O4. The summed E-state index contributed by atoms with van der Waals surface area (Å²) in [5.41, 5.74) is 0.828. The first kappa shape index (κ1) is 15.2.